The molecule has 0 unspecified atom stereocenters. The van der Waals surface area contributed by atoms with E-state index in [9.17, 15) is 15.0 Å². The molecule has 0 aliphatic rings. The normalized spacial score (nSPS) is 10.4. The Labute approximate surface area is 114 Å². The van der Waals surface area contributed by atoms with Gasteiger partial charge in [-0.2, -0.15) is 0 Å². The van der Waals surface area contributed by atoms with Crippen LogP contribution in [0.1, 0.15) is 12.6 Å². The lowest BCUT2D eigenvalue weighted by atomic mass is 10.2. The van der Waals surface area contributed by atoms with Crippen LogP contribution in [0.2, 0.25) is 0 Å². The Morgan fingerprint density at radius 3 is 2.84 bits per heavy atom. The molecular weight excluding hydrogens is 266 g/mol. The molecule has 0 fully saturated rings. The van der Waals surface area contributed by atoms with Gasteiger partial charge in [0.15, 0.2) is 11.5 Å². The number of thiazole rings is 1. The van der Waals surface area contributed by atoms with E-state index in [1.807, 2.05) is 0 Å². The van der Waals surface area contributed by atoms with Crippen LogP contribution in [0, 0.1) is 0 Å². The molecule has 2 aromatic rings. The summed E-state index contributed by atoms with van der Waals surface area (Å²) in [6, 6.07) is 4.49. The predicted octanol–water partition coefficient (Wildman–Crippen LogP) is 2.33. The lowest BCUT2D eigenvalue weighted by Crippen LogP contribution is -2.07. The van der Waals surface area contributed by atoms with Gasteiger partial charge >= 0.3 is 5.97 Å². The highest BCUT2D eigenvalue weighted by Crippen LogP contribution is 2.32. The molecular formula is C13H13NO4S. The van der Waals surface area contributed by atoms with E-state index in [-0.39, 0.29) is 23.9 Å². The predicted molar refractivity (Wildman–Crippen MR) is 71.2 cm³/mol. The monoisotopic (exact) mass is 279 g/mol. The number of ether oxygens (including phenoxy) is 1. The Kier molecular flexibility index (Phi) is 4.01. The Hall–Kier alpha value is -2.08. The maximum Gasteiger partial charge on any atom is 0.311 e. The van der Waals surface area contributed by atoms with Gasteiger partial charge in [0, 0.05) is 10.9 Å². The Balaban J connectivity index is 2.16. The molecule has 19 heavy (non-hydrogen) atoms. The van der Waals surface area contributed by atoms with Crippen molar-refractivity contribution >= 4 is 17.3 Å². The second-order valence-corrected chi connectivity index (χ2v) is 4.69. The second kappa shape index (κ2) is 5.71. The van der Waals surface area contributed by atoms with Crippen molar-refractivity contribution in [2.75, 3.05) is 6.61 Å². The minimum atomic E-state index is -0.312. The lowest BCUT2D eigenvalue weighted by Gasteiger charge is -2.00. The van der Waals surface area contributed by atoms with E-state index < -0.39 is 0 Å². The number of benzene rings is 1. The van der Waals surface area contributed by atoms with Crippen LogP contribution in [0.25, 0.3) is 10.6 Å². The van der Waals surface area contributed by atoms with Gasteiger partial charge in [-0.1, -0.05) is 0 Å². The summed E-state index contributed by atoms with van der Waals surface area (Å²) in [6.07, 6.45) is 0.133. The molecule has 0 saturated heterocycles. The molecule has 2 N–H and O–H groups in total. The number of phenols is 2. The van der Waals surface area contributed by atoms with Crippen LogP contribution in [0.4, 0.5) is 0 Å². The number of rotatable bonds is 4. The molecule has 1 heterocycles. The number of aromatic nitrogens is 1. The molecule has 0 radical (unpaired) electrons. The number of esters is 1. The number of carbonyl (C=O) groups is 1. The molecule has 6 heteroatoms. The van der Waals surface area contributed by atoms with Crippen molar-refractivity contribution < 1.29 is 19.7 Å². The van der Waals surface area contributed by atoms with Crippen LogP contribution in [0.15, 0.2) is 23.6 Å². The lowest BCUT2D eigenvalue weighted by molar-refractivity contribution is -0.142. The zero-order valence-corrected chi connectivity index (χ0v) is 11.1. The average Bonchev–Trinajstić information content (AvgIpc) is 2.81. The van der Waals surface area contributed by atoms with Crippen molar-refractivity contribution in [3.05, 3.63) is 29.3 Å². The molecule has 1 aromatic carbocycles. The summed E-state index contributed by atoms with van der Waals surface area (Å²) in [5.41, 5.74) is 1.32. The van der Waals surface area contributed by atoms with Gasteiger partial charge in [0.25, 0.3) is 0 Å². The highest BCUT2D eigenvalue weighted by Gasteiger charge is 2.10. The Morgan fingerprint density at radius 1 is 1.37 bits per heavy atom. The molecule has 0 bridgehead atoms. The molecule has 1 aromatic heterocycles. The summed E-state index contributed by atoms with van der Waals surface area (Å²) >= 11 is 1.37. The number of aromatic hydroxyl groups is 2. The first-order valence-electron chi connectivity index (χ1n) is 5.72. The van der Waals surface area contributed by atoms with Gasteiger partial charge in [0.05, 0.1) is 18.7 Å². The first-order chi connectivity index (χ1) is 9.10. The van der Waals surface area contributed by atoms with Crippen molar-refractivity contribution in [2.24, 2.45) is 0 Å². The van der Waals surface area contributed by atoms with Crippen molar-refractivity contribution in [3.63, 3.8) is 0 Å². The van der Waals surface area contributed by atoms with Crippen LogP contribution >= 0.6 is 11.3 Å². The molecule has 0 spiro atoms. The fourth-order valence-corrected chi connectivity index (χ4v) is 2.35. The summed E-state index contributed by atoms with van der Waals surface area (Å²) in [5, 5.41) is 21.1. The molecule has 100 valence electrons. The molecule has 0 aliphatic heterocycles. The first kappa shape index (κ1) is 13.4. The largest absolute Gasteiger partial charge is 0.504 e. The number of hydrogen-bond acceptors (Lipinski definition) is 6. The number of hydrogen-bond donors (Lipinski definition) is 2. The fourth-order valence-electron chi connectivity index (χ4n) is 1.54. The Morgan fingerprint density at radius 2 is 2.16 bits per heavy atom. The maximum atomic E-state index is 11.3. The summed E-state index contributed by atoms with van der Waals surface area (Å²) in [4.78, 5) is 15.6. The first-order valence-corrected chi connectivity index (χ1v) is 6.60. The third kappa shape index (κ3) is 3.23. The third-order valence-electron chi connectivity index (χ3n) is 2.40. The summed E-state index contributed by atoms with van der Waals surface area (Å²) in [6.45, 7) is 2.10. The smallest absolute Gasteiger partial charge is 0.311 e. The number of phenolic OH excluding ortho intramolecular Hbond substituents is 2. The quantitative estimate of drug-likeness (QED) is 0.663. The van der Waals surface area contributed by atoms with Crippen molar-refractivity contribution in [1.82, 2.24) is 4.98 Å². The van der Waals surface area contributed by atoms with E-state index in [0.29, 0.717) is 22.9 Å². The molecule has 0 atom stereocenters. The van der Waals surface area contributed by atoms with Crippen LogP contribution in [-0.4, -0.2) is 27.8 Å². The topological polar surface area (TPSA) is 79.7 Å². The molecule has 0 aliphatic carbocycles. The zero-order chi connectivity index (χ0) is 13.8. The van der Waals surface area contributed by atoms with Crippen molar-refractivity contribution in [3.8, 4) is 22.1 Å². The number of nitrogens with zero attached hydrogens (tertiary/aromatic N) is 1. The van der Waals surface area contributed by atoms with Crippen LogP contribution in [0.5, 0.6) is 11.5 Å². The molecule has 2 rings (SSSR count). The van der Waals surface area contributed by atoms with Gasteiger partial charge in [-0.25, -0.2) is 4.98 Å². The van der Waals surface area contributed by atoms with Gasteiger partial charge in [0.2, 0.25) is 0 Å². The van der Waals surface area contributed by atoms with E-state index in [1.54, 1.807) is 18.4 Å². The summed E-state index contributed by atoms with van der Waals surface area (Å²) in [7, 11) is 0. The highest BCUT2D eigenvalue weighted by atomic mass is 32.1. The minimum absolute atomic E-state index is 0.133. The average molecular weight is 279 g/mol. The molecule has 0 amide bonds. The van der Waals surface area contributed by atoms with Gasteiger partial charge in [-0.05, 0) is 25.1 Å². The highest BCUT2D eigenvalue weighted by molar-refractivity contribution is 7.13. The van der Waals surface area contributed by atoms with Gasteiger partial charge in [0.1, 0.15) is 5.01 Å². The van der Waals surface area contributed by atoms with E-state index in [2.05, 4.69) is 4.98 Å². The Bertz CT molecular complexity index is 594. The van der Waals surface area contributed by atoms with E-state index in [4.69, 9.17) is 4.74 Å². The maximum absolute atomic E-state index is 11.3. The molecule has 0 saturated carbocycles. The van der Waals surface area contributed by atoms with Gasteiger partial charge in [-0.3, -0.25) is 4.79 Å². The zero-order valence-electron chi connectivity index (χ0n) is 10.3. The van der Waals surface area contributed by atoms with Gasteiger partial charge in [-0.15, -0.1) is 11.3 Å². The minimum Gasteiger partial charge on any atom is -0.504 e. The summed E-state index contributed by atoms with van der Waals surface area (Å²) < 4.78 is 4.85. The van der Waals surface area contributed by atoms with Gasteiger partial charge < -0.3 is 14.9 Å². The van der Waals surface area contributed by atoms with Crippen LogP contribution in [0.3, 0.4) is 0 Å². The fraction of sp³-hybridized carbons (Fsp3) is 0.231. The van der Waals surface area contributed by atoms with E-state index in [1.165, 1.54) is 23.5 Å². The second-order valence-electron chi connectivity index (χ2n) is 3.83. The third-order valence-corrected chi connectivity index (χ3v) is 3.35. The molecule has 5 nitrogen and oxygen atoms in total. The SMILES string of the molecule is CCOC(=O)Cc1csc(-c2ccc(O)c(O)c2)n1. The van der Waals surface area contributed by atoms with E-state index >= 15 is 0 Å². The van der Waals surface area contributed by atoms with Crippen molar-refractivity contribution in [2.45, 2.75) is 13.3 Å². The van der Waals surface area contributed by atoms with Crippen LogP contribution in [-0.2, 0) is 16.0 Å². The van der Waals surface area contributed by atoms with E-state index in [0.717, 1.165) is 0 Å². The van der Waals surface area contributed by atoms with Crippen LogP contribution < -0.4 is 0 Å². The number of carbonyl (C=O) groups excluding carboxylic acids is 1. The summed E-state index contributed by atoms with van der Waals surface area (Å²) in [5.74, 6) is -0.681. The van der Waals surface area contributed by atoms with Crippen molar-refractivity contribution in [1.29, 1.82) is 0 Å². The standard InChI is InChI=1S/C13H13NO4S/c1-2-18-12(17)6-9-7-19-13(14-9)8-3-4-10(15)11(16)5-8/h3-5,7,15-16H,2,6H2,1H3.